The summed E-state index contributed by atoms with van der Waals surface area (Å²) >= 11 is 0. The zero-order valence-corrected chi connectivity index (χ0v) is 9.09. The molecule has 0 amide bonds. The van der Waals surface area contributed by atoms with Crippen molar-refractivity contribution in [3.8, 4) is 0 Å². The van der Waals surface area contributed by atoms with E-state index < -0.39 is 5.69 Å². The molecule has 1 aliphatic heterocycles. The number of nitrogen functional groups attached to an aromatic ring is 1. The Morgan fingerprint density at radius 3 is 3.06 bits per heavy atom. The van der Waals surface area contributed by atoms with Crippen LogP contribution in [0.4, 0.5) is 5.82 Å². The summed E-state index contributed by atoms with van der Waals surface area (Å²) in [5, 5.41) is 8.95. The average Bonchev–Trinajstić information content (AvgIpc) is 2.71. The number of aryl methyl sites for hydroxylation is 1. The van der Waals surface area contributed by atoms with Gasteiger partial charge in [0, 0.05) is 11.8 Å². The molecule has 16 heavy (non-hydrogen) atoms. The third-order valence-electron chi connectivity index (χ3n) is 2.77. The third-order valence-corrected chi connectivity index (χ3v) is 2.77. The summed E-state index contributed by atoms with van der Waals surface area (Å²) < 4.78 is 6.94. The van der Waals surface area contributed by atoms with Crippen LogP contribution in [-0.4, -0.2) is 27.4 Å². The first-order valence-corrected chi connectivity index (χ1v) is 5.23. The molecule has 0 bridgehead atoms. The van der Waals surface area contributed by atoms with E-state index >= 15 is 0 Å². The van der Waals surface area contributed by atoms with Gasteiger partial charge in [-0.25, -0.2) is 4.79 Å². The number of nitrogens with zero attached hydrogens (tertiary/aromatic N) is 2. The smallest absolute Gasteiger partial charge is 0.351 e. The molecule has 0 radical (unpaired) electrons. The van der Waals surface area contributed by atoms with Crippen molar-refractivity contribution in [1.82, 2.24) is 9.55 Å². The topological polar surface area (TPSA) is 90.4 Å². The second-order valence-corrected chi connectivity index (χ2v) is 3.97. The highest BCUT2D eigenvalue weighted by Crippen LogP contribution is 2.26. The predicted octanol–water partition coefficient (Wildman–Crippen LogP) is -0.196. The molecule has 1 fully saturated rings. The first-order chi connectivity index (χ1) is 7.61. The summed E-state index contributed by atoms with van der Waals surface area (Å²) in [5.41, 5.74) is 5.87. The van der Waals surface area contributed by atoms with Crippen molar-refractivity contribution in [2.45, 2.75) is 32.1 Å². The third kappa shape index (κ3) is 1.94. The maximum Gasteiger partial charge on any atom is 0.351 e. The Morgan fingerprint density at radius 1 is 1.69 bits per heavy atom. The fourth-order valence-corrected chi connectivity index (χ4v) is 1.81. The maximum absolute atomic E-state index is 11.6. The van der Waals surface area contributed by atoms with Crippen molar-refractivity contribution in [2.75, 3.05) is 12.3 Å². The Bertz CT molecular complexity index is 443. The Labute approximate surface area is 92.7 Å². The van der Waals surface area contributed by atoms with E-state index in [1.807, 2.05) is 0 Å². The second-order valence-electron chi connectivity index (χ2n) is 3.97. The molecule has 1 aromatic heterocycles. The largest absolute Gasteiger partial charge is 0.394 e. The molecule has 2 rings (SSSR count). The summed E-state index contributed by atoms with van der Waals surface area (Å²) in [6, 6.07) is 0. The molecule has 0 aromatic carbocycles. The summed E-state index contributed by atoms with van der Waals surface area (Å²) in [7, 11) is 0. The zero-order chi connectivity index (χ0) is 11.7. The van der Waals surface area contributed by atoms with Gasteiger partial charge in [0.15, 0.2) is 0 Å². The van der Waals surface area contributed by atoms with Crippen LogP contribution in [0.1, 0.15) is 24.6 Å². The summed E-state index contributed by atoms with van der Waals surface area (Å²) in [5.74, 6) is 0.248. The lowest BCUT2D eigenvalue weighted by Crippen LogP contribution is -2.28. The zero-order valence-electron chi connectivity index (χ0n) is 9.09. The van der Waals surface area contributed by atoms with Gasteiger partial charge in [0.2, 0.25) is 0 Å². The quantitative estimate of drug-likeness (QED) is 0.727. The van der Waals surface area contributed by atoms with Crippen molar-refractivity contribution in [3.05, 3.63) is 22.2 Å². The molecule has 1 unspecified atom stereocenters. The van der Waals surface area contributed by atoms with Crippen molar-refractivity contribution in [2.24, 2.45) is 0 Å². The molecule has 88 valence electrons. The van der Waals surface area contributed by atoms with Gasteiger partial charge in [-0.1, -0.05) is 0 Å². The minimum absolute atomic E-state index is 0.0212. The van der Waals surface area contributed by atoms with Gasteiger partial charge in [-0.3, -0.25) is 4.57 Å². The molecule has 1 aromatic rings. The van der Waals surface area contributed by atoms with Gasteiger partial charge in [0.1, 0.15) is 12.0 Å². The van der Waals surface area contributed by atoms with Crippen LogP contribution in [0.15, 0.2) is 11.0 Å². The Balaban J connectivity index is 2.28. The van der Waals surface area contributed by atoms with Crippen molar-refractivity contribution in [1.29, 1.82) is 0 Å². The lowest BCUT2D eigenvalue weighted by Gasteiger charge is -2.15. The fourth-order valence-electron chi connectivity index (χ4n) is 1.81. The molecule has 1 aliphatic rings. The fraction of sp³-hybridized carbons (Fsp3) is 0.600. The normalized spacial score (nSPS) is 24.9. The van der Waals surface area contributed by atoms with Crippen molar-refractivity contribution in [3.63, 3.8) is 0 Å². The molecular weight excluding hydrogens is 210 g/mol. The van der Waals surface area contributed by atoms with E-state index in [2.05, 4.69) is 4.98 Å². The summed E-state index contributed by atoms with van der Waals surface area (Å²) in [6.45, 7) is 1.77. The van der Waals surface area contributed by atoms with E-state index in [0.717, 1.165) is 12.0 Å². The first-order valence-electron chi connectivity index (χ1n) is 5.23. The molecular formula is C10H15N3O3. The van der Waals surface area contributed by atoms with Gasteiger partial charge in [-0.15, -0.1) is 0 Å². The minimum atomic E-state index is -0.410. The van der Waals surface area contributed by atoms with E-state index in [1.165, 1.54) is 4.57 Å². The second kappa shape index (κ2) is 4.23. The lowest BCUT2D eigenvalue weighted by atomic mass is 10.2. The number of hydrogen-bond acceptors (Lipinski definition) is 5. The van der Waals surface area contributed by atoms with Gasteiger partial charge in [-0.05, 0) is 19.8 Å². The van der Waals surface area contributed by atoms with Crippen LogP contribution in [0.3, 0.4) is 0 Å². The number of ether oxygens (including phenoxy) is 1. The van der Waals surface area contributed by atoms with Gasteiger partial charge in [0.25, 0.3) is 0 Å². The van der Waals surface area contributed by atoms with Crippen LogP contribution in [0.2, 0.25) is 0 Å². The number of aliphatic hydroxyl groups is 1. The summed E-state index contributed by atoms with van der Waals surface area (Å²) in [6.07, 6.45) is 2.58. The molecule has 6 heteroatoms. The first kappa shape index (κ1) is 11.1. The van der Waals surface area contributed by atoms with Crippen molar-refractivity contribution < 1.29 is 9.84 Å². The lowest BCUT2D eigenvalue weighted by molar-refractivity contribution is -0.0246. The monoisotopic (exact) mass is 225 g/mol. The van der Waals surface area contributed by atoms with E-state index in [-0.39, 0.29) is 24.8 Å². The molecule has 0 saturated carbocycles. The van der Waals surface area contributed by atoms with Gasteiger partial charge >= 0.3 is 5.69 Å². The van der Waals surface area contributed by atoms with E-state index in [9.17, 15) is 4.79 Å². The standard InChI is InChI=1S/C10H15N3O3/c1-6-4-13(10(15)12-9(6)11)8-3-2-7(5-14)16-8/h4,7-8,14H,2-3,5H2,1H3,(H2,11,12,15)/t7-,8?/m0/s1. The molecule has 2 heterocycles. The maximum atomic E-state index is 11.6. The molecule has 6 nitrogen and oxygen atoms in total. The average molecular weight is 225 g/mol. The Hall–Kier alpha value is -1.40. The highest BCUT2D eigenvalue weighted by atomic mass is 16.5. The van der Waals surface area contributed by atoms with Crippen LogP contribution in [0.5, 0.6) is 0 Å². The molecule has 2 atom stereocenters. The van der Waals surface area contributed by atoms with E-state index in [4.69, 9.17) is 15.6 Å². The van der Waals surface area contributed by atoms with Gasteiger partial charge < -0.3 is 15.6 Å². The SMILES string of the molecule is Cc1cn(C2CC[C@@H](CO)O2)c(=O)nc1N. The van der Waals surface area contributed by atoms with Crippen LogP contribution in [0.25, 0.3) is 0 Å². The van der Waals surface area contributed by atoms with Crippen molar-refractivity contribution >= 4 is 5.82 Å². The van der Waals surface area contributed by atoms with Gasteiger partial charge in [-0.2, -0.15) is 4.98 Å². The molecule has 0 spiro atoms. The Morgan fingerprint density at radius 2 is 2.44 bits per heavy atom. The highest BCUT2D eigenvalue weighted by molar-refractivity contribution is 5.35. The van der Waals surface area contributed by atoms with E-state index in [0.29, 0.717) is 6.42 Å². The number of hydrogen-bond donors (Lipinski definition) is 2. The number of aromatic nitrogens is 2. The van der Waals surface area contributed by atoms with E-state index in [1.54, 1.807) is 13.1 Å². The van der Waals surface area contributed by atoms with Crippen LogP contribution >= 0.6 is 0 Å². The molecule has 0 aliphatic carbocycles. The molecule has 1 saturated heterocycles. The van der Waals surface area contributed by atoms with Crippen LogP contribution < -0.4 is 11.4 Å². The minimum Gasteiger partial charge on any atom is -0.394 e. The predicted molar refractivity (Wildman–Crippen MR) is 57.9 cm³/mol. The number of nitrogens with two attached hydrogens (primary N) is 1. The summed E-state index contributed by atoms with van der Waals surface area (Å²) in [4.78, 5) is 15.3. The van der Waals surface area contributed by atoms with Gasteiger partial charge in [0.05, 0.1) is 12.7 Å². The van der Waals surface area contributed by atoms with Crippen LogP contribution in [-0.2, 0) is 4.74 Å². The number of anilines is 1. The molecule has 3 N–H and O–H groups in total. The Kier molecular flexibility index (Phi) is 2.93. The highest BCUT2D eigenvalue weighted by Gasteiger charge is 2.26. The number of rotatable bonds is 2. The van der Waals surface area contributed by atoms with Crippen LogP contribution in [0, 0.1) is 6.92 Å². The number of aliphatic hydroxyl groups excluding tert-OH is 1.